The molecule has 0 fully saturated rings. The predicted molar refractivity (Wildman–Crippen MR) is 71.1 cm³/mol. The molecule has 0 saturated heterocycles. The van der Waals surface area contributed by atoms with E-state index >= 15 is 0 Å². The highest BCUT2D eigenvalue weighted by atomic mass is 35.5. The third kappa shape index (κ3) is 3.02. The van der Waals surface area contributed by atoms with E-state index < -0.39 is 0 Å². The van der Waals surface area contributed by atoms with Crippen LogP contribution in [-0.4, -0.2) is 28.4 Å². The second-order valence-electron chi connectivity index (χ2n) is 4.56. The lowest BCUT2D eigenvalue weighted by Gasteiger charge is -2.29. The molecule has 0 radical (unpaired) electrons. The smallest absolute Gasteiger partial charge is 0.152 e. The Morgan fingerprint density at radius 3 is 2.89 bits per heavy atom. The van der Waals surface area contributed by atoms with E-state index in [-0.39, 0.29) is 18.2 Å². The molecule has 2 rings (SSSR count). The van der Waals surface area contributed by atoms with Crippen molar-refractivity contribution >= 4 is 17.4 Å². The van der Waals surface area contributed by atoms with Crippen molar-refractivity contribution in [2.24, 2.45) is 0 Å². The van der Waals surface area contributed by atoms with Crippen LogP contribution in [0.25, 0.3) is 0 Å². The summed E-state index contributed by atoms with van der Waals surface area (Å²) in [4.78, 5) is 4.10. The van der Waals surface area contributed by atoms with Gasteiger partial charge < -0.3 is 4.74 Å². The fraction of sp³-hybridized carbons (Fsp3) is 0.462. The zero-order valence-electron chi connectivity index (χ0n) is 10.5. The van der Waals surface area contributed by atoms with Gasteiger partial charge in [0.25, 0.3) is 0 Å². The minimum Gasteiger partial charge on any atom is -0.369 e. The number of ether oxygens (including phenoxy) is 1. The number of pyridine rings is 1. The van der Waals surface area contributed by atoms with Gasteiger partial charge in [0.15, 0.2) is 5.82 Å². The Balaban J connectivity index is 2.08. The van der Waals surface area contributed by atoms with Gasteiger partial charge in [-0.15, -0.1) is 0 Å². The summed E-state index contributed by atoms with van der Waals surface area (Å²) in [5.74, 6) is 0.477. The molecule has 98 valence electrons. The molecule has 5 heteroatoms. The van der Waals surface area contributed by atoms with Crippen LogP contribution in [0.1, 0.15) is 20.3 Å². The summed E-state index contributed by atoms with van der Waals surface area (Å²) in [6.45, 7) is 3.96. The van der Waals surface area contributed by atoms with Crippen LogP contribution in [0, 0.1) is 0 Å². The Morgan fingerprint density at radius 2 is 2.28 bits per heavy atom. The Labute approximate surface area is 112 Å². The van der Waals surface area contributed by atoms with E-state index in [2.05, 4.69) is 4.98 Å². The topological polar surface area (TPSA) is 45.6 Å². The van der Waals surface area contributed by atoms with Crippen molar-refractivity contribution < 1.29 is 9.94 Å². The highest BCUT2D eigenvalue weighted by Gasteiger charge is 2.30. The first-order valence-electron chi connectivity index (χ1n) is 5.99. The summed E-state index contributed by atoms with van der Waals surface area (Å²) in [7, 11) is 0. The van der Waals surface area contributed by atoms with Crippen LogP contribution in [-0.2, 0) is 4.74 Å². The fourth-order valence-electron chi connectivity index (χ4n) is 1.98. The monoisotopic (exact) mass is 268 g/mol. The van der Waals surface area contributed by atoms with Gasteiger partial charge in [-0.2, -0.15) is 0 Å². The van der Waals surface area contributed by atoms with Gasteiger partial charge >= 0.3 is 0 Å². The van der Waals surface area contributed by atoms with E-state index in [0.717, 1.165) is 11.5 Å². The summed E-state index contributed by atoms with van der Waals surface area (Å²) < 4.78 is 5.75. The van der Waals surface area contributed by atoms with Crippen molar-refractivity contribution in [1.29, 1.82) is 0 Å². The summed E-state index contributed by atoms with van der Waals surface area (Å²) in [5.41, 5.74) is 0. The van der Waals surface area contributed by atoms with Crippen molar-refractivity contribution in [3.8, 4) is 0 Å². The maximum atomic E-state index is 10.2. The van der Waals surface area contributed by atoms with Gasteiger partial charge in [-0.05, 0) is 32.4 Å². The predicted octanol–water partition coefficient (Wildman–Crippen LogP) is 3.05. The highest BCUT2D eigenvalue weighted by Crippen LogP contribution is 2.25. The lowest BCUT2D eigenvalue weighted by molar-refractivity contribution is 0.00852. The third-order valence-electron chi connectivity index (χ3n) is 2.77. The summed E-state index contributed by atoms with van der Waals surface area (Å²) in [6.07, 6.45) is 6.24. The summed E-state index contributed by atoms with van der Waals surface area (Å²) >= 11 is 5.77. The molecule has 18 heavy (non-hydrogen) atoms. The van der Waals surface area contributed by atoms with Crippen molar-refractivity contribution in [3.05, 3.63) is 35.5 Å². The Kier molecular flexibility index (Phi) is 4.22. The molecule has 0 unspecified atom stereocenters. The average Bonchev–Trinajstić information content (AvgIpc) is 2.76. The Hall–Kier alpha value is -1.10. The van der Waals surface area contributed by atoms with Crippen molar-refractivity contribution in [1.82, 2.24) is 4.98 Å². The molecule has 0 saturated carbocycles. The number of nitrogens with zero attached hydrogens (tertiary/aromatic N) is 2. The Morgan fingerprint density at radius 1 is 1.50 bits per heavy atom. The fourth-order valence-corrected chi connectivity index (χ4v) is 2.09. The maximum absolute atomic E-state index is 10.2. The molecule has 0 aliphatic heterocycles. The molecule has 0 aromatic carbocycles. The number of halogens is 1. The second kappa shape index (κ2) is 5.69. The SMILES string of the molecule is CC(C)O[C@@H]1C=CC[C@H]1N(O)c1ccc(Cl)cn1. The van der Waals surface area contributed by atoms with E-state index in [9.17, 15) is 5.21 Å². The normalized spacial score (nSPS) is 22.7. The van der Waals surface area contributed by atoms with Gasteiger partial charge in [0.2, 0.25) is 0 Å². The first kappa shape index (κ1) is 13.3. The van der Waals surface area contributed by atoms with Gasteiger partial charge in [0, 0.05) is 6.20 Å². The molecular weight excluding hydrogens is 252 g/mol. The lowest BCUT2D eigenvalue weighted by atomic mass is 10.2. The molecule has 1 aromatic rings. The zero-order chi connectivity index (χ0) is 13.1. The molecule has 1 N–H and O–H groups in total. The molecule has 4 nitrogen and oxygen atoms in total. The van der Waals surface area contributed by atoms with Gasteiger partial charge in [0.1, 0.15) is 0 Å². The van der Waals surface area contributed by atoms with Crippen LogP contribution in [0.15, 0.2) is 30.5 Å². The van der Waals surface area contributed by atoms with E-state index in [1.54, 1.807) is 12.1 Å². The van der Waals surface area contributed by atoms with Gasteiger partial charge in [0.05, 0.1) is 23.3 Å². The minimum absolute atomic E-state index is 0.117. The number of anilines is 1. The molecule has 0 bridgehead atoms. The van der Waals surface area contributed by atoms with Crippen molar-refractivity contribution in [2.45, 2.75) is 38.5 Å². The largest absolute Gasteiger partial charge is 0.369 e. The minimum atomic E-state index is -0.138. The lowest BCUT2D eigenvalue weighted by Crippen LogP contribution is -2.41. The van der Waals surface area contributed by atoms with Crippen LogP contribution in [0.3, 0.4) is 0 Å². The van der Waals surface area contributed by atoms with Gasteiger partial charge in [-0.3, -0.25) is 5.21 Å². The van der Waals surface area contributed by atoms with Crippen LogP contribution in [0.4, 0.5) is 5.82 Å². The van der Waals surface area contributed by atoms with E-state index in [1.807, 2.05) is 26.0 Å². The Bertz CT molecular complexity index is 420. The van der Waals surface area contributed by atoms with Crippen LogP contribution in [0.5, 0.6) is 0 Å². The molecule has 0 amide bonds. The van der Waals surface area contributed by atoms with Crippen molar-refractivity contribution in [3.63, 3.8) is 0 Å². The highest BCUT2D eigenvalue weighted by molar-refractivity contribution is 6.30. The van der Waals surface area contributed by atoms with E-state index in [1.165, 1.54) is 6.20 Å². The quantitative estimate of drug-likeness (QED) is 0.673. The second-order valence-corrected chi connectivity index (χ2v) is 5.00. The maximum Gasteiger partial charge on any atom is 0.152 e. The molecule has 1 heterocycles. The van der Waals surface area contributed by atoms with E-state index in [4.69, 9.17) is 16.3 Å². The van der Waals surface area contributed by atoms with Crippen LogP contribution < -0.4 is 5.06 Å². The molecule has 0 spiro atoms. The molecule has 1 aromatic heterocycles. The zero-order valence-corrected chi connectivity index (χ0v) is 11.2. The van der Waals surface area contributed by atoms with Crippen LogP contribution >= 0.6 is 11.6 Å². The van der Waals surface area contributed by atoms with Crippen LogP contribution in [0.2, 0.25) is 5.02 Å². The molecule has 1 aliphatic carbocycles. The number of hydroxylamine groups is 1. The first-order chi connectivity index (χ1) is 8.58. The number of hydrogen-bond acceptors (Lipinski definition) is 4. The average molecular weight is 269 g/mol. The summed E-state index contributed by atoms with van der Waals surface area (Å²) in [5, 5.41) is 11.9. The first-order valence-corrected chi connectivity index (χ1v) is 6.37. The van der Waals surface area contributed by atoms with Gasteiger partial charge in [-0.1, -0.05) is 23.8 Å². The summed E-state index contributed by atoms with van der Waals surface area (Å²) in [6, 6.07) is 3.25. The van der Waals surface area contributed by atoms with Crippen molar-refractivity contribution in [2.75, 3.05) is 5.06 Å². The third-order valence-corrected chi connectivity index (χ3v) is 3.00. The standard InChI is InChI=1S/C13H17ClN2O2/c1-9(2)18-12-5-3-4-11(12)16(17)13-7-6-10(14)8-15-13/h3,5-9,11-12,17H,4H2,1-2H3/t11-,12-/m1/s1. The number of rotatable bonds is 4. The molecular formula is C13H17ClN2O2. The van der Waals surface area contributed by atoms with Gasteiger partial charge in [-0.25, -0.2) is 10.0 Å². The molecule has 1 aliphatic rings. The van der Waals surface area contributed by atoms with E-state index in [0.29, 0.717) is 10.8 Å². The number of aromatic nitrogens is 1. The number of hydrogen-bond donors (Lipinski definition) is 1. The molecule has 2 atom stereocenters.